The van der Waals surface area contributed by atoms with E-state index >= 15 is 0 Å². The van der Waals surface area contributed by atoms with Crippen molar-refractivity contribution < 1.29 is 23.8 Å². The van der Waals surface area contributed by atoms with E-state index in [-0.39, 0.29) is 34.3 Å². The Balaban J connectivity index is 2.53. The number of ether oxygens (including phenoxy) is 1. The number of benzene rings is 2. The van der Waals surface area contributed by atoms with E-state index in [9.17, 15) is 19.1 Å². The standard InChI is InChI=1S/C21H22FN3O4/c1-4-17(29-18-7-5-6-16(27)13(18)3)19(20(23)28)21(24-11-26)25-15-9-8-12(2)10-14(15)22/h4-11,25,27H,1-3H3,(H2,23,28)(H,24,26)/b17-4+,21-19-. The Bertz CT molecular complexity index is 999. The van der Waals surface area contributed by atoms with Gasteiger partial charge in [0.15, 0.2) is 0 Å². The Morgan fingerprint density at radius 2 is 1.97 bits per heavy atom. The lowest BCUT2D eigenvalue weighted by Gasteiger charge is -2.18. The van der Waals surface area contributed by atoms with Gasteiger partial charge in [0.05, 0.1) is 5.69 Å². The number of hydrogen-bond acceptors (Lipinski definition) is 5. The summed E-state index contributed by atoms with van der Waals surface area (Å²) in [6.45, 7) is 4.96. The minimum Gasteiger partial charge on any atom is -0.508 e. The van der Waals surface area contributed by atoms with Crippen molar-refractivity contribution in [2.45, 2.75) is 20.8 Å². The third-order valence-electron chi connectivity index (χ3n) is 4.07. The fourth-order valence-corrected chi connectivity index (χ4v) is 2.54. The molecule has 152 valence electrons. The molecule has 0 atom stereocenters. The number of primary amides is 1. The highest BCUT2D eigenvalue weighted by atomic mass is 19.1. The van der Waals surface area contributed by atoms with Crippen LogP contribution in [0.2, 0.25) is 0 Å². The molecule has 0 radical (unpaired) electrons. The second-order valence-corrected chi connectivity index (χ2v) is 6.14. The van der Waals surface area contributed by atoms with Gasteiger partial charge in [-0.15, -0.1) is 0 Å². The molecule has 0 bridgehead atoms. The number of anilines is 1. The molecular formula is C21H22FN3O4. The average molecular weight is 399 g/mol. The highest BCUT2D eigenvalue weighted by molar-refractivity contribution is 5.97. The van der Waals surface area contributed by atoms with E-state index in [4.69, 9.17) is 10.5 Å². The van der Waals surface area contributed by atoms with Crippen molar-refractivity contribution in [3.8, 4) is 11.5 Å². The van der Waals surface area contributed by atoms with Gasteiger partial charge in [0.1, 0.15) is 34.5 Å². The maximum Gasteiger partial charge on any atom is 0.256 e. The predicted molar refractivity (Wildman–Crippen MR) is 107 cm³/mol. The Labute approximate surface area is 167 Å². The molecule has 8 heteroatoms. The Hall–Kier alpha value is -3.81. The second kappa shape index (κ2) is 9.41. The summed E-state index contributed by atoms with van der Waals surface area (Å²) < 4.78 is 20.0. The minimum atomic E-state index is -0.916. The van der Waals surface area contributed by atoms with Crippen LogP contribution in [0.1, 0.15) is 18.1 Å². The molecule has 2 aromatic carbocycles. The van der Waals surface area contributed by atoms with Crippen LogP contribution in [-0.4, -0.2) is 17.4 Å². The van der Waals surface area contributed by atoms with Gasteiger partial charge in [-0.05, 0) is 56.7 Å². The molecule has 2 aromatic rings. The van der Waals surface area contributed by atoms with Crippen LogP contribution in [0.3, 0.4) is 0 Å². The first-order valence-corrected chi connectivity index (χ1v) is 8.69. The maximum atomic E-state index is 14.3. The fraction of sp³-hybridized carbons (Fsp3) is 0.143. The number of rotatable bonds is 8. The Morgan fingerprint density at radius 3 is 2.55 bits per heavy atom. The zero-order valence-corrected chi connectivity index (χ0v) is 16.2. The van der Waals surface area contributed by atoms with E-state index in [0.29, 0.717) is 17.5 Å². The number of nitrogens with two attached hydrogens (primary N) is 1. The zero-order valence-electron chi connectivity index (χ0n) is 16.2. The van der Waals surface area contributed by atoms with Gasteiger partial charge >= 0.3 is 0 Å². The first-order chi connectivity index (χ1) is 13.8. The number of nitrogens with one attached hydrogen (secondary N) is 2. The number of aromatic hydroxyl groups is 1. The van der Waals surface area contributed by atoms with Crippen LogP contribution < -0.4 is 21.1 Å². The van der Waals surface area contributed by atoms with Crippen LogP contribution in [0.15, 0.2) is 59.6 Å². The Kier molecular flexibility index (Phi) is 6.97. The topological polar surface area (TPSA) is 114 Å². The highest BCUT2D eigenvalue weighted by Gasteiger charge is 2.21. The molecule has 0 aromatic heterocycles. The molecule has 0 aliphatic carbocycles. The quantitative estimate of drug-likeness (QED) is 0.236. The first-order valence-electron chi connectivity index (χ1n) is 8.69. The smallest absolute Gasteiger partial charge is 0.256 e. The molecule has 7 nitrogen and oxygen atoms in total. The molecule has 0 saturated carbocycles. The van der Waals surface area contributed by atoms with Crippen LogP contribution in [0.5, 0.6) is 11.5 Å². The summed E-state index contributed by atoms with van der Waals surface area (Å²) in [6, 6.07) is 9.08. The number of amides is 2. The van der Waals surface area contributed by atoms with Crippen LogP contribution in [0.4, 0.5) is 10.1 Å². The van der Waals surface area contributed by atoms with Crippen LogP contribution in [0.25, 0.3) is 0 Å². The molecular weight excluding hydrogens is 377 g/mol. The predicted octanol–water partition coefficient (Wildman–Crippen LogP) is 2.99. The zero-order chi connectivity index (χ0) is 21.6. The van der Waals surface area contributed by atoms with E-state index in [0.717, 1.165) is 0 Å². The molecule has 0 fully saturated rings. The van der Waals surface area contributed by atoms with Crippen LogP contribution >= 0.6 is 0 Å². The number of aryl methyl sites for hydroxylation is 1. The number of allylic oxidation sites excluding steroid dienone is 1. The van der Waals surface area contributed by atoms with Crippen molar-refractivity contribution in [2.75, 3.05) is 5.32 Å². The van der Waals surface area contributed by atoms with Gasteiger partial charge in [0.25, 0.3) is 5.91 Å². The summed E-state index contributed by atoms with van der Waals surface area (Å²) >= 11 is 0. The fourth-order valence-electron chi connectivity index (χ4n) is 2.54. The third kappa shape index (κ3) is 5.13. The lowest BCUT2D eigenvalue weighted by molar-refractivity contribution is -0.114. The Morgan fingerprint density at radius 1 is 1.24 bits per heavy atom. The van der Waals surface area contributed by atoms with Crippen molar-refractivity contribution in [3.63, 3.8) is 0 Å². The summed E-state index contributed by atoms with van der Waals surface area (Å²) in [5, 5.41) is 14.9. The molecule has 0 spiro atoms. The van der Waals surface area contributed by atoms with Gasteiger partial charge < -0.3 is 26.2 Å². The van der Waals surface area contributed by atoms with Crippen molar-refractivity contribution >= 4 is 18.0 Å². The highest BCUT2D eigenvalue weighted by Crippen LogP contribution is 2.29. The van der Waals surface area contributed by atoms with E-state index in [1.807, 2.05) is 0 Å². The maximum absolute atomic E-state index is 14.3. The normalized spacial score (nSPS) is 12.1. The molecule has 0 aliphatic heterocycles. The van der Waals surface area contributed by atoms with Gasteiger partial charge in [-0.25, -0.2) is 4.39 Å². The third-order valence-corrected chi connectivity index (χ3v) is 4.07. The largest absolute Gasteiger partial charge is 0.508 e. The van der Waals surface area contributed by atoms with Crippen molar-refractivity contribution in [1.82, 2.24) is 5.32 Å². The van der Waals surface area contributed by atoms with E-state index in [1.165, 1.54) is 24.3 Å². The second-order valence-electron chi connectivity index (χ2n) is 6.14. The van der Waals surface area contributed by atoms with Gasteiger partial charge in [-0.3, -0.25) is 9.59 Å². The van der Waals surface area contributed by atoms with E-state index in [1.54, 1.807) is 39.0 Å². The molecule has 0 saturated heterocycles. The lowest BCUT2D eigenvalue weighted by atomic mass is 10.1. The van der Waals surface area contributed by atoms with Gasteiger partial charge in [-0.2, -0.15) is 0 Å². The summed E-state index contributed by atoms with van der Waals surface area (Å²) in [5.41, 5.74) is 6.49. The molecule has 2 amide bonds. The summed E-state index contributed by atoms with van der Waals surface area (Å²) in [6.07, 6.45) is 1.79. The minimum absolute atomic E-state index is 0.00801. The van der Waals surface area contributed by atoms with Gasteiger partial charge in [0, 0.05) is 5.56 Å². The molecule has 5 N–H and O–H groups in total. The van der Waals surface area contributed by atoms with Crippen molar-refractivity contribution in [3.05, 3.63) is 76.6 Å². The van der Waals surface area contributed by atoms with Gasteiger partial charge in [-0.1, -0.05) is 12.1 Å². The van der Waals surface area contributed by atoms with Crippen molar-refractivity contribution in [1.29, 1.82) is 0 Å². The molecule has 0 aliphatic rings. The first kappa shape index (κ1) is 21.5. The van der Waals surface area contributed by atoms with E-state index in [2.05, 4.69) is 10.6 Å². The molecule has 0 heterocycles. The number of phenolic OH excluding ortho intramolecular Hbond substituents is 1. The van der Waals surface area contributed by atoms with Crippen LogP contribution in [0, 0.1) is 19.7 Å². The number of phenols is 1. The number of carbonyl (C=O) groups is 2. The molecule has 29 heavy (non-hydrogen) atoms. The van der Waals surface area contributed by atoms with Gasteiger partial charge in [0.2, 0.25) is 6.41 Å². The molecule has 0 unspecified atom stereocenters. The number of carbonyl (C=O) groups excluding carboxylic acids is 2. The number of hydrogen-bond donors (Lipinski definition) is 4. The molecule has 2 rings (SSSR count). The van der Waals surface area contributed by atoms with Crippen LogP contribution in [-0.2, 0) is 9.59 Å². The van der Waals surface area contributed by atoms with Crippen molar-refractivity contribution in [2.24, 2.45) is 5.73 Å². The SMILES string of the molecule is C/C=C(Oc1cccc(O)c1C)\C(C(N)=O)=C(/NC=O)Nc1ccc(C)cc1F. The average Bonchev–Trinajstić information content (AvgIpc) is 2.66. The number of halogens is 1. The lowest BCUT2D eigenvalue weighted by Crippen LogP contribution is -2.29. The monoisotopic (exact) mass is 399 g/mol. The summed E-state index contributed by atoms with van der Waals surface area (Å²) in [5.74, 6) is -1.35. The van der Waals surface area contributed by atoms with E-state index < -0.39 is 11.7 Å². The summed E-state index contributed by atoms with van der Waals surface area (Å²) in [7, 11) is 0. The summed E-state index contributed by atoms with van der Waals surface area (Å²) in [4.78, 5) is 23.3.